The fourth-order valence-corrected chi connectivity index (χ4v) is 1.47. The van der Waals surface area contributed by atoms with Gasteiger partial charge in [-0.1, -0.05) is 0 Å². The number of H-pyrrole nitrogens is 1. The van der Waals surface area contributed by atoms with E-state index < -0.39 is 11.1 Å². The third-order valence-electron chi connectivity index (χ3n) is 2.18. The average Bonchev–Trinajstić information content (AvgIpc) is 2.68. The molecule has 0 aliphatic heterocycles. The summed E-state index contributed by atoms with van der Waals surface area (Å²) in [4.78, 5) is 32.9. The van der Waals surface area contributed by atoms with Crippen molar-refractivity contribution < 1.29 is 9.84 Å². The molecule has 0 bridgehead atoms. The van der Waals surface area contributed by atoms with E-state index in [9.17, 15) is 9.59 Å². The van der Waals surface area contributed by atoms with Crippen molar-refractivity contribution in [1.82, 2.24) is 19.5 Å². The van der Waals surface area contributed by atoms with Crippen molar-refractivity contribution in [3.05, 3.63) is 27.0 Å². The highest BCUT2D eigenvalue weighted by Crippen LogP contribution is 2.02. The van der Waals surface area contributed by atoms with E-state index in [0.29, 0.717) is 0 Å². The van der Waals surface area contributed by atoms with Crippen LogP contribution in [0.1, 0.15) is 0 Å². The molecule has 2 aromatic heterocycles. The molecule has 0 amide bonds. The number of imidazole rings is 1. The van der Waals surface area contributed by atoms with E-state index in [1.54, 1.807) is 0 Å². The third-order valence-corrected chi connectivity index (χ3v) is 2.18. The average molecular weight is 253 g/mol. The molecular formula is C9H11N5O4. The van der Waals surface area contributed by atoms with E-state index >= 15 is 0 Å². The van der Waals surface area contributed by atoms with Crippen molar-refractivity contribution in [3.63, 3.8) is 0 Å². The second-order valence-electron chi connectivity index (χ2n) is 3.43. The summed E-state index contributed by atoms with van der Waals surface area (Å²) in [7, 11) is 0. The number of hydrogen-bond donors (Lipinski definition) is 3. The van der Waals surface area contributed by atoms with Gasteiger partial charge in [0.2, 0.25) is 5.95 Å². The van der Waals surface area contributed by atoms with Crippen LogP contribution in [0.2, 0.25) is 0 Å². The number of fused-ring (bicyclic) bond motifs is 1. The zero-order valence-corrected chi connectivity index (χ0v) is 9.29. The number of anilines is 1. The highest BCUT2D eigenvalue weighted by atomic mass is 16.5. The quantitative estimate of drug-likeness (QED) is 0.537. The lowest BCUT2D eigenvalue weighted by Gasteiger charge is -2.02. The summed E-state index contributed by atoms with van der Waals surface area (Å²) in [6.07, 6.45) is 1.29. The Morgan fingerprint density at radius 2 is 2.28 bits per heavy atom. The molecular weight excluding hydrogens is 242 g/mol. The number of nitrogens with two attached hydrogens (primary N) is 1. The molecule has 0 fully saturated rings. The molecule has 9 heteroatoms. The van der Waals surface area contributed by atoms with Crippen LogP contribution in [-0.2, 0) is 11.5 Å². The molecule has 0 saturated heterocycles. The minimum absolute atomic E-state index is 0.0104. The highest BCUT2D eigenvalue weighted by molar-refractivity contribution is 5.72. The Labute approximate surface area is 99.9 Å². The van der Waals surface area contributed by atoms with Crippen molar-refractivity contribution in [1.29, 1.82) is 0 Å². The zero-order chi connectivity index (χ0) is 13.1. The van der Waals surface area contributed by atoms with Crippen LogP contribution in [-0.4, -0.2) is 37.8 Å². The van der Waals surface area contributed by atoms with Crippen LogP contribution in [0, 0.1) is 0 Å². The lowest BCUT2D eigenvalue weighted by molar-refractivity contribution is 0.0501. The molecule has 0 aliphatic carbocycles. The smallest absolute Gasteiger partial charge is 0.301 e. The van der Waals surface area contributed by atoms with Crippen LogP contribution in [0.5, 0.6) is 0 Å². The highest BCUT2D eigenvalue weighted by Gasteiger charge is 2.10. The van der Waals surface area contributed by atoms with E-state index in [1.165, 1.54) is 10.9 Å². The minimum atomic E-state index is -0.693. The van der Waals surface area contributed by atoms with Crippen LogP contribution in [0.25, 0.3) is 11.0 Å². The van der Waals surface area contributed by atoms with Gasteiger partial charge in [-0.05, 0) is 0 Å². The molecule has 4 N–H and O–H groups in total. The van der Waals surface area contributed by atoms with Gasteiger partial charge in [0.1, 0.15) is 12.2 Å². The van der Waals surface area contributed by atoms with Crippen molar-refractivity contribution in [2.24, 2.45) is 0 Å². The molecule has 2 heterocycles. The number of nitrogens with one attached hydrogen (secondary N) is 1. The SMILES string of the molecule is Nc1nc(=O)c2ncn(COCCO)c2c(=O)[nH]1. The molecule has 18 heavy (non-hydrogen) atoms. The number of aliphatic hydroxyl groups is 1. The van der Waals surface area contributed by atoms with Gasteiger partial charge in [-0.25, -0.2) is 4.98 Å². The lowest BCUT2D eigenvalue weighted by atomic mass is 10.5. The summed E-state index contributed by atoms with van der Waals surface area (Å²) in [6.45, 7) is -0.0390. The Kier molecular flexibility index (Phi) is 3.35. The van der Waals surface area contributed by atoms with Gasteiger partial charge in [0.25, 0.3) is 5.56 Å². The first-order chi connectivity index (χ1) is 8.63. The van der Waals surface area contributed by atoms with E-state index in [0.717, 1.165) is 0 Å². The summed E-state index contributed by atoms with van der Waals surface area (Å²) in [5.41, 5.74) is 3.99. The standard InChI is InChI=1S/C9H11N5O4/c10-9-12-7(16)5-6(8(17)13-9)14(3-11-5)4-18-2-1-15/h3,15H,1-2,4H2,(H3,10,12,13,16,17). The van der Waals surface area contributed by atoms with E-state index in [2.05, 4.69) is 15.0 Å². The number of hydrogen-bond acceptors (Lipinski definition) is 7. The summed E-state index contributed by atoms with van der Waals surface area (Å²) in [5.74, 6) is -0.272. The van der Waals surface area contributed by atoms with Gasteiger partial charge in [-0.15, -0.1) is 0 Å². The monoisotopic (exact) mass is 253 g/mol. The number of rotatable bonds is 4. The largest absolute Gasteiger partial charge is 0.394 e. The predicted molar refractivity (Wildman–Crippen MR) is 61.9 cm³/mol. The van der Waals surface area contributed by atoms with Gasteiger partial charge in [0, 0.05) is 0 Å². The number of aromatic nitrogens is 4. The molecule has 96 valence electrons. The first-order valence-corrected chi connectivity index (χ1v) is 5.07. The maximum absolute atomic E-state index is 11.8. The van der Waals surface area contributed by atoms with Gasteiger partial charge < -0.3 is 20.1 Å². The first kappa shape index (κ1) is 12.2. The Morgan fingerprint density at radius 1 is 1.50 bits per heavy atom. The van der Waals surface area contributed by atoms with Crippen LogP contribution < -0.4 is 16.9 Å². The topological polar surface area (TPSA) is 136 Å². The molecule has 0 aromatic carbocycles. The minimum Gasteiger partial charge on any atom is -0.394 e. The summed E-state index contributed by atoms with van der Waals surface area (Å²) in [6, 6.07) is 0. The van der Waals surface area contributed by atoms with E-state index in [4.69, 9.17) is 15.6 Å². The van der Waals surface area contributed by atoms with Crippen LogP contribution in [0.15, 0.2) is 15.9 Å². The van der Waals surface area contributed by atoms with Crippen LogP contribution in [0.4, 0.5) is 5.95 Å². The van der Waals surface area contributed by atoms with E-state index in [1.807, 2.05) is 0 Å². The molecule has 0 aliphatic rings. The Balaban J connectivity index is 2.58. The molecule has 2 rings (SSSR count). The summed E-state index contributed by atoms with van der Waals surface area (Å²) >= 11 is 0. The first-order valence-electron chi connectivity index (χ1n) is 5.07. The number of aromatic amines is 1. The normalized spacial score (nSPS) is 10.9. The molecule has 0 atom stereocenters. The lowest BCUT2D eigenvalue weighted by Crippen LogP contribution is -2.12. The molecule has 0 radical (unpaired) electrons. The van der Waals surface area contributed by atoms with Crippen LogP contribution in [0.3, 0.4) is 0 Å². The van der Waals surface area contributed by atoms with Gasteiger partial charge in [-0.3, -0.25) is 14.6 Å². The van der Waals surface area contributed by atoms with Crippen LogP contribution >= 0.6 is 0 Å². The fraction of sp³-hybridized carbons (Fsp3) is 0.333. The Morgan fingerprint density at radius 3 is 3.00 bits per heavy atom. The molecule has 0 saturated carbocycles. The van der Waals surface area contributed by atoms with Crippen molar-refractivity contribution >= 4 is 17.0 Å². The van der Waals surface area contributed by atoms with E-state index in [-0.39, 0.29) is 36.9 Å². The Hall–Kier alpha value is -2.26. The maximum Gasteiger partial charge on any atom is 0.301 e. The number of ether oxygens (including phenoxy) is 1. The molecule has 0 spiro atoms. The van der Waals surface area contributed by atoms with Gasteiger partial charge in [-0.2, -0.15) is 4.98 Å². The molecule has 9 nitrogen and oxygen atoms in total. The molecule has 0 unspecified atom stereocenters. The fourth-order valence-electron chi connectivity index (χ4n) is 1.47. The predicted octanol–water partition coefficient (Wildman–Crippen LogP) is -1.97. The maximum atomic E-state index is 11.8. The molecule has 2 aromatic rings. The number of nitrogens with zero attached hydrogens (tertiary/aromatic N) is 3. The number of nitrogen functional groups attached to an aromatic ring is 1. The summed E-state index contributed by atoms with van der Waals surface area (Å²) < 4.78 is 6.40. The van der Waals surface area contributed by atoms with Gasteiger partial charge >= 0.3 is 5.56 Å². The van der Waals surface area contributed by atoms with Crippen molar-refractivity contribution in [2.75, 3.05) is 18.9 Å². The van der Waals surface area contributed by atoms with Gasteiger partial charge in [0.05, 0.1) is 19.5 Å². The number of aliphatic hydroxyl groups excluding tert-OH is 1. The van der Waals surface area contributed by atoms with Gasteiger partial charge in [0.15, 0.2) is 5.52 Å². The Bertz CT molecular complexity index is 677. The van der Waals surface area contributed by atoms with Crippen molar-refractivity contribution in [2.45, 2.75) is 6.73 Å². The third kappa shape index (κ3) is 2.21. The second kappa shape index (κ2) is 4.94. The van der Waals surface area contributed by atoms with Crippen molar-refractivity contribution in [3.8, 4) is 0 Å². The zero-order valence-electron chi connectivity index (χ0n) is 9.29. The second-order valence-corrected chi connectivity index (χ2v) is 3.43. The summed E-state index contributed by atoms with van der Waals surface area (Å²) in [5, 5.41) is 8.59.